The van der Waals surface area contributed by atoms with Crippen molar-refractivity contribution in [1.29, 1.82) is 5.26 Å². The van der Waals surface area contributed by atoms with Crippen molar-refractivity contribution in [3.63, 3.8) is 0 Å². The number of nitriles is 1. The highest BCUT2D eigenvalue weighted by atomic mass is 16.5. The number of hydrogen-bond acceptors (Lipinski definition) is 4. The number of rotatable bonds is 5. The van der Waals surface area contributed by atoms with Crippen LogP contribution < -0.4 is 4.74 Å². The van der Waals surface area contributed by atoms with Gasteiger partial charge in [0.05, 0.1) is 18.7 Å². The van der Waals surface area contributed by atoms with Gasteiger partial charge in [-0.3, -0.25) is 9.59 Å². The van der Waals surface area contributed by atoms with Crippen LogP contribution in [0.25, 0.3) is 11.1 Å². The van der Waals surface area contributed by atoms with E-state index in [1.807, 2.05) is 6.07 Å². The van der Waals surface area contributed by atoms with Crippen molar-refractivity contribution in [2.75, 3.05) is 7.11 Å². The van der Waals surface area contributed by atoms with Crippen molar-refractivity contribution in [2.24, 2.45) is 5.92 Å². The van der Waals surface area contributed by atoms with Crippen molar-refractivity contribution in [3.05, 3.63) is 53.6 Å². The van der Waals surface area contributed by atoms with Crippen LogP contribution in [0.5, 0.6) is 5.75 Å². The zero-order valence-electron chi connectivity index (χ0n) is 12.7. The van der Waals surface area contributed by atoms with E-state index in [0.717, 1.165) is 18.4 Å². The highest BCUT2D eigenvalue weighted by Crippen LogP contribution is 2.34. The molecule has 0 N–H and O–H groups in total. The van der Waals surface area contributed by atoms with Gasteiger partial charge in [-0.05, 0) is 48.7 Å². The summed E-state index contributed by atoms with van der Waals surface area (Å²) in [6.45, 7) is 0. The molecule has 3 rings (SSSR count). The van der Waals surface area contributed by atoms with Crippen LogP contribution in [0.4, 0.5) is 0 Å². The van der Waals surface area contributed by atoms with Crippen molar-refractivity contribution in [2.45, 2.75) is 12.8 Å². The van der Waals surface area contributed by atoms with E-state index in [0.29, 0.717) is 22.4 Å². The Bertz CT molecular complexity index is 829. The molecular weight excluding hydrogens is 290 g/mol. The normalized spacial score (nSPS) is 13.2. The van der Waals surface area contributed by atoms with Crippen molar-refractivity contribution in [1.82, 2.24) is 0 Å². The van der Waals surface area contributed by atoms with Gasteiger partial charge in [0, 0.05) is 17.0 Å². The summed E-state index contributed by atoms with van der Waals surface area (Å²) in [6, 6.07) is 14.1. The molecule has 1 aliphatic carbocycles. The Morgan fingerprint density at radius 3 is 2.61 bits per heavy atom. The summed E-state index contributed by atoms with van der Waals surface area (Å²) >= 11 is 0. The van der Waals surface area contributed by atoms with E-state index in [-0.39, 0.29) is 11.7 Å². The first-order chi connectivity index (χ1) is 11.1. The van der Waals surface area contributed by atoms with Gasteiger partial charge in [0.2, 0.25) is 11.6 Å². The molecule has 4 heteroatoms. The maximum Gasteiger partial charge on any atom is 0.228 e. The maximum absolute atomic E-state index is 12.3. The van der Waals surface area contributed by atoms with Crippen molar-refractivity contribution < 1.29 is 14.3 Å². The monoisotopic (exact) mass is 305 g/mol. The Balaban J connectivity index is 2.04. The molecular formula is C19H15NO3. The van der Waals surface area contributed by atoms with E-state index < -0.39 is 5.78 Å². The van der Waals surface area contributed by atoms with Gasteiger partial charge in [-0.2, -0.15) is 5.26 Å². The average Bonchev–Trinajstić information content (AvgIpc) is 3.45. The number of benzene rings is 2. The number of nitrogens with zero attached hydrogens (tertiary/aromatic N) is 1. The highest BCUT2D eigenvalue weighted by Gasteiger charge is 2.34. The minimum atomic E-state index is -0.451. The minimum Gasteiger partial charge on any atom is -0.496 e. The molecule has 0 aromatic heterocycles. The van der Waals surface area contributed by atoms with E-state index in [9.17, 15) is 9.59 Å². The lowest BCUT2D eigenvalue weighted by Crippen LogP contribution is -2.16. The molecule has 0 radical (unpaired) electrons. The molecule has 0 unspecified atom stereocenters. The van der Waals surface area contributed by atoms with E-state index in [4.69, 9.17) is 10.00 Å². The second-order valence-corrected chi connectivity index (χ2v) is 5.58. The molecule has 1 saturated carbocycles. The number of ether oxygens (including phenoxy) is 1. The first-order valence-corrected chi connectivity index (χ1v) is 7.41. The van der Waals surface area contributed by atoms with Gasteiger partial charge in [-0.15, -0.1) is 0 Å². The molecule has 23 heavy (non-hydrogen) atoms. The van der Waals surface area contributed by atoms with Crippen LogP contribution in [-0.2, 0) is 4.79 Å². The second kappa shape index (κ2) is 6.05. The smallest absolute Gasteiger partial charge is 0.228 e. The second-order valence-electron chi connectivity index (χ2n) is 5.58. The largest absolute Gasteiger partial charge is 0.496 e. The number of carbonyl (C=O) groups is 2. The van der Waals surface area contributed by atoms with E-state index in [1.54, 1.807) is 43.5 Å². The molecule has 0 atom stereocenters. The van der Waals surface area contributed by atoms with Crippen LogP contribution in [-0.4, -0.2) is 18.7 Å². The lowest BCUT2D eigenvalue weighted by molar-refractivity contribution is -0.116. The first-order valence-electron chi connectivity index (χ1n) is 7.41. The molecule has 2 aromatic carbocycles. The predicted octanol–water partition coefficient (Wildman–Crippen LogP) is 3.40. The average molecular weight is 305 g/mol. The van der Waals surface area contributed by atoms with E-state index in [1.165, 1.54) is 0 Å². The van der Waals surface area contributed by atoms with Crippen LogP contribution in [0.15, 0.2) is 42.5 Å². The van der Waals surface area contributed by atoms with Gasteiger partial charge in [0.15, 0.2) is 0 Å². The maximum atomic E-state index is 12.3. The predicted molar refractivity (Wildman–Crippen MR) is 85.2 cm³/mol. The molecule has 0 aliphatic heterocycles. The van der Waals surface area contributed by atoms with Gasteiger partial charge in [-0.1, -0.05) is 12.1 Å². The molecule has 0 amide bonds. The van der Waals surface area contributed by atoms with Gasteiger partial charge in [0.25, 0.3) is 0 Å². The molecule has 2 aromatic rings. The number of Topliss-reactive ketones (excluding diaryl/α,β-unsaturated/α-hetero) is 2. The lowest BCUT2D eigenvalue weighted by atomic mass is 9.97. The van der Waals surface area contributed by atoms with E-state index in [2.05, 4.69) is 6.07 Å². The van der Waals surface area contributed by atoms with Crippen LogP contribution in [0.3, 0.4) is 0 Å². The lowest BCUT2D eigenvalue weighted by Gasteiger charge is -2.11. The Morgan fingerprint density at radius 1 is 1.17 bits per heavy atom. The van der Waals surface area contributed by atoms with Crippen LogP contribution >= 0.6 is 0 Å². The third-order valence-corrected chi connectivity index (χ3v) is 3.94. The van der Waals surface area contributed by atoms with Crippen LogP contribution in [0.1, 0.15) is 28.8 Å². The molecule has 0 bridgehead atoms. The number of methoxy groups -OCH3 is 1. The topological polar surface area (TPSA) is 67.2 Å². The fourth-order valence-corrected chi connectivity index (χ4v) is 2.50. The Morgan fingerprint density at radius 2 is 1.96 bits per heavy atom. The number of carbonyl (C=O) groups excluding carboxylic acids is 2. The summed E-state index contributed by atoms with van der Waals surface area (Å²) < 4.78 is 5.35. The molecule has 0 saturated heterocycles. The quantitative estimate of drug-likeness (QED) is 0.627. The summed E-state index contributed by atoms with van der Waals surface area (Å²) in [5, 5.41) is 9.04. The Kier molecular flexibility index (Phi) is 3.94. The Hall–Kier alpha value is -2.93. The van der Waals surface area contributed by atoms with Gasteiger partial charge in [0.1, 0.15) is 5.75 Å². The minimum absolute atomic E-state index is 0.102. The van der Waals surface area contributed by atoms with Crippen LogP contribution in [0, 0.1) is 17.2 Å². The molecule has 1 aliphatic rings. The number of ketones is 2. The summed E-state index contributed by atoms with van der Waals surface area (Å²) in [7, 11) is 1.55. The molecule has 114 valence electrons. The third-order valence-electron chi connectivity index (χ3n) is 3.94. The zero-order valence-corrected chi connectivity index (χ0v) is 12.7. The van der Waals surface area contributed by atoms with Gasteiger partial charge in [-0.25, -0.2) is 0 Å². The summed E-state index contributed by atoms with van der Waals surface area (Å²) in [4.78, 5) is 24.3. The first kappa shape index (κ1) is 15.0. The van der Waals surface area contributed by atoms with Crippen molar-refractivity contribution in [3.8, 4) is 22.9 Å². The fraction of sp³-hybridized carbons (Fsp3) is 0.211. The molecule has 0 heterocycles. The third kappa shape index (κ3) is 3.00. The zero-order chi connectivity index (χ0) is 16.4. The van der Waals surface area contributed by atoms with Gasteiger partial charge < -0.3 is 4.74 Å². The fourth-order valence-electron chi connectivity index (χ4n) is 2.50. The number of hydrogen-bond donors (Lipinski definition) is 0. The summed E-state index contributed by atoms with van der Waals surface area (Å²) in [5.74, 6) is -0.273. The highest BCUT2D eigenvalue weighted by molar-refractivity contribution is 6.44. The SMILES string of the molecule is COc1ccc(C(=O)C(=O)C2CC2)cc1-c1cccc(C#N)c1. The summed E-state index contributed by atoms with van der Waals surface area (Å²) in [6.07, 6.45) is 1.61. The Labute approximate surface area is 134 Å². The summed E-state index contributed by atoms with van der Waals surface area (Å²) in [5.41, 5.74) is 2.35. The standard InChI is InChI=1S/C19H15NO3/c1-23-17-8-7-15(19(22)18(21)13-5-6-13)10-16(17)14-4-2-3-12(9-14)11-20/h2-4,7-10,13H,5-6H2,1H3. The van der Waals surface area contributed by atoms with E-state index >= 15 is 0 Å². The van der Waals surface area contributed by atoms with Crippen molar-refractivity contribution >= 4 is 11.6 Å². The molecule has 4 nitrogen and oxygen atoms in total. The molecule has 1 fully saturated rings. The van der Waals surface area contributed by atoms with Gasteiger partial charge >= 0.3 is 0 Å². The molecule has 0 spiro atoms. The van der Waals surface area contributed by atoms with Crippen LogP contribution in [0.2, 0.25) is 0 Å².